The molecule has 1 unspecified atom stereocenters. The molecule has 4 nitrogen and oxygen atoms in total. The van der Waals surface area contributed by atoms with E-state index in [1.54, 1.807) is 0 Å². The normalized spacial score (nSPS) is 14.5. The molecule has 0 saturated heterocycles. The van der Waals surface area contributed by atoms with Gasteiger partial charge < -0.3 is 14.5 Å². The van der Waals surface area contributed by atoms with Crippen molar-refractivity contribution in [2.75, 3.05) is 5.32 Å². The molecule has 2 aliphatic rings. The van der Waals surface area contributed by atoms with Crippen molar-refractivity contribution in [3.63, 3.8) is 0 Å². The first-order valence-electron chi connectivity index (χ1n) is 19.9. The maximum Gasteiger partial charge on any atom is 0.201 e. The van der Waals surface area contributed by atoms with Gasteiger partial charge in [0, 0.05) is 55.3 Å². The van der Waals surface area contributed by atoms with Gasteiger partial charge in [-0.15, -0.1) is 0 Å². The smallest absolute Gasteiger partial charge is 0.201 e. The number of aryl methyl sites for hydroxylation is 1. The van der Waals surface area contributed by atoms with Gasteiger partial charge in [-0.05, 0) is 70.5 Å². The summed E-state index contributed by atoms with van der Waals surface area (Å²) in [6.45, 7) is 4.00. The van der Waals surface area contributed by atoms with E-state index in [-0.39, 0.29) is 6.29 Å². The summed E-state index contributed by atoms with van der Waals surface area (Å²) in [5.74, 6) is 0. The highest BCUT2D eigenvalue weighted by molar-refractivity contribution is 6.31. The van der Waals surface area contributed by atoms with E-state index in [0.29, 0.717) is 0 Å². The van der Waals surface area contributed by atoms with Crippen molar-refractivity contribution in [3.8, 4) is 16.8 Å². The molecule has 1 aliphatic carbocycles. The SMILES string of the molecule is CC.c1ccc(-n2c3cc(C4=NC(n5c6c(c7ccccc75)-c5ccccc5CC6)Nc5ccccc54)c4ccccc4c3c3ccc4ccccc4c32)cc1. The summed E-state index contributed by atoms with van der Waals surface area (Å²) >= 11 is 0. The minimum absolute atomic E-state index is 0.327. The molecule has 0 fully saturated rings. The predicted molar refractivity (Wildman–Crippen MR) is 237 cm³/mol. The lowest BCUT2D eigenvalue weighted by molar-refractivity contribution is 0.578. The minimum atomic E-state index is -0.327. The number of hydrogen-bond donors (Lipinski definition) is 1. The van der Waals surface area contributed by atoms with E-state index in [0.717, 1.165) is 41.1 Å². The van der Waals surface area contributed by atoms with Crippen molar-refractivity contribution in [1.29, 1.82) is 0 Å². The summed E-state index contributed by atoms with van der Waals surface area (Å²) < 4.78 is 4.95. The van der Waals surface area contributed by atoms with Crippen molar-refractivity contribution in [3.05, 3.63) is 192 Å². The Morgan fingerprint density at radius 1 is 0.536 bits per heavy atom. The average molecular weight is 721 g/mol. The number of fused-ring (bicyclic) bond motifs is 13. The average Bonchev–Trinajstić information content (AvgIpc) is 3.80. The van der Waals surface area contributed by atoms with Gasteiger partial charge in [0.25, 0.3) is 0 Å². The Kier molecular flexibility index (Phi) is 7.46. The van der Waals surface area contributed by atoms with Crippen molar-refractivity contribution in [1.82, 2.24) is 9.13 Å². The zero-order valence-corrected chi connectivity index (χ0v) is 31.5. The number of benzene rings is 8. The van der Waals surface area contributed by atoms with E-state index in [1.807, 2.05) is 13.8 Å². The van der Waals surface area contributed by atoms with Crippen molar-refractivity contribution >= 4 is 65.7 Å². The third-order valence-electron chi connectivity index (χ3n) is 11.8. The monoisotopic (exact) mass is 720 g/mol. The zero-order valence-electron chi connectivity index (χ0n) is 31.5. The summed E-state index contributed by atoms with van der Waals surface area (Å²) in [5, 5.41) is 12.6. The summed E-state index contributed by atoms with van der Waals surface area (Å²) in [6.07, 6.45) is 1.65. The van der Waals surface area contributed by atoms with Crippen LogP contribution in [0.1, 0.15) is 42.5 Å². The van der Waals surface area contributed by atoms with E-state index < -0.39 is 0 Å². The van der Waals surface area contributed by atoms with Crippen LogP contribution in [-0.2, 0) is 12.8 Å². The van der Waals surface area contributed by atoms with Gasteiger partial charge >= 0.3 is 0 Å². The fourth-order valence-electron chi connectivity index (χ4n) is 9.57. The van der Waals surface area contributed by atoms with Crippen LogP contribution in [0.15, 0.2) is 175 Å². The van der Waals surface area contributed by atoms with Crippen LogP contribution in [0.25, 0.3) is 71.1 Å². The highest BCUT2D eigenvalue weighted by Crippen LogP contribution is 2.46. The molecule has 1 atom stereocenters. The molecule has 0 bridgehead atoms. The lowest BCUT2D eigenvalue weighted by atomic mass is 9.88. The lowest BCUT2D eigenvalue weighted by Crippen LogP contribution is -2.26. The van der Waals surface area contributed by atoms with Crippen LogP contribution in [0.2, 0.25) is 0 Å². The van der Waals surface area contributed by atoms with Crippen LogP contribution in [0.4, 0.5) is 5.69 Å². The minimum Gasteiger partial charge on any atom is -0.346 e. The molecule has 1 aliphatic heterocycles. The van der Waals surface area contributed by atoms with Gasteiger partial charge in [-0.25, -0.2) is 4.99 Å². The molecule has 0 radical (unpaired) electrons. The van der Waals surface area contributed by atoms with Gasteiger partial charge in [0.2, 0.25) is 6.29 Å². The molecule has 0 amide bonds. The van der Waals surface area contributed by atoms with E-state index in [1.165, 1.54) is 76.6 Å². The summed E-state index contributed by atoms with van der Waals surface area (Å²) in [5.41, 5.74) is 14.5. The molecule has 0 spiro atoms. The van der Waals surface area contributed by atoms with Crippen LogP contribution >= 0.6 is 0 Å². The fraction of sp³-hybridized carbons (Fsp3) is 0.0962. The molecule has 0 saturated carbocycles. The second-order valence-electron chi connectivity index (χ2n) is 14.6. The van der Waals surface area contributed by atoms with Gasteiger partial charge in [0.05, 0.1) is 22.3 Å². The number of anilines is 1. The first-order valence-corrected chi connectivity index (χ1v) is 19.9. The number of aromatic nitrogens is 2. The van der Waals surface area contributed by atoms with Crippen LogP contribution in [0.5, 0.6) is 0 Å². The molecule has 3 heterocycles. The van der Waals surface area contributed by atoms with Gasteiger partial charge in [-0.2, -0.15) is 0 Å². The van der Waals surface area contributed by atoms with Gasteiger partial charge in [-0.3, -0.25) is 0 Å². The number of hydrogen-bond acceptors (Lipinski definition) is 2. The van der Waals surface area contributed by atoms with Crippen molar-refractivity contribution < 1.29 is 0 Å². The molecule has 4 heteroatoms. The van der Waals surface area contributed by atoms with Gasteiger partial charge in [-0.1, -0.05) is 153 Å². The number of aliphatic imine (C=N–C) groups is 1. The van der Waals surface area contributed by atoms with Crippen LogP contribution in [0, 0.1) is 0 Å². The standard InChI is InChI=1S/C50H34N4.C2H6/c1-2-16-33(17-3-1)53-45-30-41(36-20-8-9-21-37(36)47(45)40-28-26-32-15-5-7-19-35(32)49(40)53)48-38-22-10-12-24-42(38)51-50(52-48)54-43-25-13-11-23-39(43)46-34-18-6-4-14-31(34)27-29-44(46)54;1-2/h1-26,28,30,50-51H,27,29H2;1-2H3. The van der Waals surface area contributed by atoms with Crippen molar-refractivity contribution in [2.45, 2.75) is 33.0 Å². The van der Waals surface area contributed by atoms with Crippen LogP contribution in [0.3, 0.4) is 0 Å². The Balaban J connectivity index is 0.00000179. The second kappa shape index (κ2) is 12.9. The molecule has 8 aromatic carbocycles. The molecule has 2 aromatic heterocycles. The molecule has 10 aromatic rings. The second-order valence-corrected chi connectivity index (χ2v) is 14.6. The topological polar surface area (TPSA) is 34.2 Å². The van der Waals surface area contributed by atoms with Gasteiger partial charge in [0.1, 0.15) is 0 Å². The molecular formula is C52H40N4. The zero-order chi connectivity index (χ0) is 37.3. The van der Waals surface area contributed by atoms with Crippen LogP contribution < -0.4 is 5.32 Å². The number of nitrogens with zero attached hydrogens (tertiary/aromatic N) is 3. The predicted octanol–water partition coefficient (Wildman–Crippen LogP) is 13.3. The Bertz CT molecular complexity index is 3200. The molecule has 268 valence electrons. The molecule has 56 heavy (non-hydrogen) atoms. The highest BCUT2D eigenvalue weighted by atomic mass is 15.3. The van der Waals surface area contributed by atoms with E-state index >= 15 is 0 Å². The maximum atomic E-state index is 5.77. The van der Waals surface area contributed by atoms with Crippen LogP contribution in [-0.4, -0.2) is 14.8 Å². The fourth-order valence-corrected chi connectivity index (χ4v) is 9.57. The van der Waals surface area contributed by atoms with E-state index in [2.05, 4.69) is 184 Å². The first-order chi connectivity index (χ1) is 27.8. The number of nitrogens with one attached hydrogen (secondary N) is 1. The third-order valence-corrected chi connectivity index (χ3v) is 11.8. The maximum absolute atomic E-state index is 5.77. The number of para-hydroxylation sites is 3. The molecule has 1 N–H and O–H groups in total. The van der Waals surface area contributed by atoms with E-state index in [9.17, 15) is 0 Å². The molecular weight excluding hydrogens is 681 g/mol. The Hall–Kier alpha value is -6.91. The number of rotatable bonds is 3. The summed E-state index contributed by atoms with van der Waals surface area (Å²) in [4.78, 5) is 5.77. The first kappa shape index (κ1) is 32.5. The third kappa shape index (κ3) is 4.69. The Morgan fingerprint density at radius 2 is 1.21 bits per heavy atom. The van der Waals surface area contributed by atoms with E-state index in [4.69, 9.17) is 4.99 Å². The molecule has 12 rings (SSSR count). The van der Waals surface area contributed by atoms with Gasteiger partial charge in [0.15, 0.2) is 0 Å². The summed E-state index contributed by atoms with van der Waals surface area (Å²) in [6, 6.07) is 62.0. The Morgan fingerprint density at radius 3 is 2.07 bits per heavy atom. The highest BCUT2D eigenvalue weighted by Gasteiger charge is 2.31. The Labute approximate surface area is 326 Å². The largest absolute Gasteiger partial charge is 0.346 e. The quantitative estimate of drug-likeness (QED) is 0.194. The lowest BCUT2D eigenvalue weighted by Gasteiger charge is -2.30. The van der Waals surface area contributed by atoms with Crippen molar-refractivity contribution in [2.24, 2.45) is 4.99 Å². The summed E-state index contributed by atoms with van der Waals surface area (Å²) in [7, 11) is 0.